The highest BCUT2D eigenvalue weighted by Gasteiger charge is 2.08. The van der Waals surface area contributed by atoms with Gasteiger partial charge >= 0.3 is 0 Å². The summed E-state index contributed by atoms with van der Waals surface area (Å²) in [5, 5.41) is 3.11. The average molecular weight is 241 g/mol. The van der Waals surface area contributed by atoms with Crippen molar-refractivity contribution >= 4 is 34.1 Å². The molecule has 15 heavy (non-hydrogen) atoms. The Morgan fingerprint density at radius 2 is 2.53 bits per heavy atom. The molecule has 0 saturated carbocycles. The number of amides is 1. The third-order valence-electron chi connectivity index (χ3n) is 1.49. The topological polar surface area (TPSA) is 68.0 Å². The second kappa shape index (κ2) is 5.63. The van der Waals surface area contributed by atoms with Gasteiger partial charge in [-0.2, -0.15) is 0 Å². The summed E-state index contributed by atoms with van der Waals surface area (Å²) < 4.78 is 0.975. The molecule has 0 saturated heterocycles. The van der Waals surface area contributed by atoms with Gasteiger partial charge in [0.2, 0.25) is 5.91 Å². The lowest BCUT2D eigenvalue weighted by Gasteiger charge is -1.99. The lowest BCUT2D eigenvalue weighted by atomic mass is 10.6. The molecule has 0 aliphatic carbocycles. The lowest BCUT2D eigenvalue weighted by Crippen LogP contribution is -2.25. The summed E-state index contributed by atoms with van der Waals surface area (Å²) in [6.07, 6.45) is 5.02. The number of rotatable bonds is 4. The largest absolute Gasteiger partial charge is 0.375 e. The Labute approximate surface area is 96.7 Å². The zero-order chi connectivity index (χ0) is 11.3. The van der Waals surface area contributed by atoms with Crippen LogP contribution in [-0.4, -0.2) is 23.2 Å². The number of thiazole rings is 1. The zero-order valence-corrected chi connectivity index (χ0v) is 9.87. The van der Waals surface area contributed by atoms with Crippen molar-refractivity contribution in [2.45, 2.75) is 11.1 Å². The van der Waals surface area contributed by atoms with E-state index in [-0.39, 0.29) is 12.5 Å². The van der Waals surface area contributed by atoms with E-state index in [0.29, 0.717) is 10.9 Å². The summed E-state index contributed by atoms with van der Waals surface area (Å²) in [7, 11) is 0. The van der Waals surface area contributed by atoms with Gasteiger partial charge in [0.15, 0.2) is 5.13 Å². The summed E-state index contributed by atoms with van der Waals surface area (Å²) in [5.74, 6) is 2.60. The minimum Gasteiger partial charge on any atom is -0.375 e. The van der Waals surface area contributed by atoms with E-state index in [0.717, 1.165) is 9.90 Å². The first-order valence-corrected chi connectivity index (χ1v) is 5.99. The second-order valence-corrected chi connectivity index (χ2v) is 4.97. The van der Waals surface area contributed by atoms with Gasteiger partial charge in [-0.1, -0.05) is 17.3 Å². The number of hydrogen-bond donors (Lipinski definition) is 2. The van der Waals surface area contributed by atoms with Gasteiger partial charge in [0.1, 0.15) is 0 Å². The molecule has 1 rings (SSSR count). The van der Waals surface area contributed by atoms with Crippen LogP contribution in [0.1, 0.15) is 5.69 Å². The Bertz CT molecular complexity index is 395. The number of carbonyl (C=O) groups excluding carboxylic acids is 1. The van der Waals surface area contributed by atoms with Crippen LogP contribution in [0, 0.1) is 19.3 Å². The lowest BCUT2D eigenvalue weighted by molar-refractivity contribution is -0.118. The van der Waals surface area contributed by atoms with Gasteiger partial charge in [0, 0.05) is 0 Å². The highest BCUT2D eigenvalue weighted by molar-refractivity contribution is 8.01. The first kappa shape index (κ1) is 11.9. The van der Waals surface area contributed by atoms with E-state index in [1.807, 2.05) is 6.92 Å². The van der Waals surface area contributed by atoms with E-state index >= 15 is 0 Å². The van der Waals surface area contributed by atoms with E-state index in [2.05, 4.69) is 16.2 Å². The Hall–Kier alpha value is -1.19. The van der Waals surface area contributed by atoms with Crippen molar-refractivity contribution in [3.63, 3.8) is 0 Å². The van der Waals surface area contributed by atoms with Crippen LogP contribution in [0.4, 0.5) is 5.13 Å². The minimum atomic E-state index is -0.0793. The number of aromatic nitrogens is 1. The van der Waals surface area contributed by atoms with E-state index < -0.39 is 0 Å². The van der Waals surface area contributed by atoms with Crippen molar-refractivity contribution in [2.24, 2.45) is 0 Å². The van der Waals surface area contributed by atoms with Crippen molar-refractivity contribution in [3.05, 3.63) is 5.69 Å². The molecule has 0 aliphatic heterocycles. The Morgan fingerprint density at radius 3 is 3.07 bits per heavy atom. The predicted molar refractivity (Wildman–Crippen MR) is 63.8 cm³/mol. The van der Waals surface area contributed by atoms with Crippen molar-refractivity contribution in [3.8, 4) is 12.3 Å². The van der Waals surface area contributed by atoms with Crippen LogP contribution in [-0.2, 0) is 4.79 Å². The van der Waals surface area contributed by atoms with E-state index in [4.69, 9.17) is 12.2 Å². The predicted octanol–water partition coefficient (Wildman–Crippen LogP) is 0.875. The quantitative estimate of drug-likeness (QED) is 0.606. The number of thioether (sulfide) groups is 1. The molecular formula is C9H11N3OS2. The van der Waals surface area contributed by atoms with E-state index in [1.54, 1.807) is 0 Å². The molecule has 0 atom stereocenters. The first-order chi connectivity index (χ1) is 7.13. The number of nitrogens with one attached hydrogen (secondary N) is 1. The number of nitrogen functional groups attached to an aromatic ring is 1. The maximum atomic E-state index is 11.2. The van der Waals surface area contributed by atoms with Crippen LogP contribution in [0.5, 0.6) is 0 Å². The molecule has 0 unspecified atom stereocenters. The van der Waals surface area contributed by atoms with Crippen molar-refractivity contribution < 1.29 is 4.79 Å². The maximum absolute atomic E-state index is 11.2. The summed E-state index contributed by atoms with van der Waals surface area (Å²) in [6, 6.07) is 0. The number of nitrogens with two attached hydrogens (primary N) is 1. The number of terminal acetylenes is 1. The van der Waals surface area contributed by atoms with Crippen LogP contribution in [0.15, 0.2) is 4.21 Å². The van der Waals surface area contributed by atoms with Crippen LogP contribution < -0.4 is 11.1 Å². The van der Waals surface area contributed by atoms with Gasteiger partial charge in [-0.3, -0.25) is 4.79 Å². The van der Waals surface area contributed by atoms with Gasteiger partial charge in [-0.05, 0) is 6.92 Å². The molecule has 0 aromatic carbocycles. The van der Waals surface area contributed by atoms with Gasteiger partial charge in [0.05, 0.1) is 22.2 Å². The molecule has 1 aromatic rings. The highest BCUT2D eigenvalue weighted by Crippen LogP contribution is 2.30. The Morgan fingerprint density at radius 1 is 1.80 bits per heavy atom. The Kier molecular flexibility index (Phi) is 4.46. The van der Waals surface area contributed by atoms with Crippen molar-refractivity contribution in [2.75, 3.05) is 18.0 Å². The molecule has 0 radical (unpaired) electrons. The fourth-order valence-corrected chi connectivity index (χ4v) is 2.72. The maximum Gasteiger partial charge on any atom is 0.231 e. The third-order valence-corrected chi connectivity index (χ3v) is 3.84. The van der Waals surface area contributed by atoms with Crippen LogP contribution >= 0.6 is 23.1 Å². The molecule has 80 valence electrons. The minimum absolute atomic E-state index is 0.0793. The fourth-order valence-electron chi connectivity index (χ4n) is 0.868. The summed E-state index contributed by atoms with van der Waals surface area (Å²) >= 11 is 2.81. The molecule has 1 aromatic heterocycles. The van der Waals surface area contributed by atoms with Crippen LogP contribution in [0.25, 0.3) is 0 Å². The van der Waals surface area contributed by atoms with Crippen molar-refractivity contribution in [1.29, 1.82) is 0 Å². The molecule has 0 spiro atoms. The molecule has 0 bridgehead atoms. The molecule has 0 fully saturated rings. The fraction of sp³-hybridized carbons (Fsp3) is 0.333. The smallest absolute Gasteiger partial charge is 0.231 e. The Balaban J connectivity index is 2.40. The molecular weight excluding hydrogens is 230 g/mol. The van der Waals surface area contributed by atoms with E-state index in [9.17, 15) is 4.79 Å². The second-order valence-electron chi connectivity index (χ2n) is 2.69. The van der Waals surface area contributed by atoms with Gasteiger partial charge < -0.3 is 11.1 Å². The molecule has 1 heterocycles. The summed E-state index contributed by atoms with van der Waals surface area (Å²) in [5.41, 5.74) is 6.40. The first-order valence-electron chi connectivity index (χ1n) is 4.19. The molecule has 0 aliphatic rings. The van der Waals surface area contributed by atoms with Gasteiger partial charge in [0.25, 0.3) is 0 Å². The average Bonchev–Trinajstić information content (AvgIpc) is 2.51. The number of aryl methyl sites for hydroxylation is 1. The zero-order valence-electron chi connectivity index (χ0n) is 8.24. The number of nitrogens with zero attached hydrogens (tertiary/aromatic N) is 1. The summed E-state index contributed by atoms with van der Waals surface area (Å²) in [6.45, 7) is 2.14. The number of anilines is 1. The van der Waals surface area contributed by atoms with Crippen LogP contribution in [0.3, 0.4) is 0 Å². The molecule has 1 amide bonds. The normalized spacial score (nSPS) is 9.60. The van der Waals surface area contributed by atoms with Gasteiger partial charge in [-0.15, -0.1) is 18.2 Å². The molecule has 4 nitrogen and oxygen atoms in total. The molecule has 6 heteroatoms. The van der Waals surface area contributed by atoms with E-state index in [1.165, 1.54) is 23.1 Å². The van der Waals surface area contributed by atoms with Gasteiger partial charge in [-0.25, -0.2) is 4.98 Å². The third kappa shape index (κ3) is 3.81. The monoisotopic (exact) mass is 241 g/mol. The number of carbonyl (C=O) groups is 1. The van der Waals surface area contributed by atoms with Crippen molar-refractivity contribution in [1.82, 2.24) is 10.3 Å². The SMILES string of the molecule is C#CCNC(=O)CSc1sc(N)nc1C. The standard InChI is InChI=1S/C9H11N3OS2/c1-3-4-11-7(13)5-14-8-6(2)12-9(10)15-8/h1H,4-5H2,2H3,(H2,10,12)(H,11,13). The number of hydrogen-bond acceptors (Lipinski definition) is 5. The molecule has 3 N–H and O–H groups in total. The van der Waals surface area contributed by atoms with Crippen LogP contribution in [0.2, 0.25) is 0 Å². The summed E-state index contributed by atoms with van der Waals surface area (Å²) in [4.78, 5) is 15.3. The highest BCUT2D eigenvalue weighted by atomic mass is 32.2.